The normalized spacial score (nSPS) is 12.3. The third-order valence-corrected chi connectivity index (χ3v) is 9.10. The lowest BCUT2D eigenvalue weighted by Crippen LogP contribution is -2.25. The Morgan fingerprint density at radius 2 is 1.52 bits per heavy atom. The van der Waals surface area contributed by atoms with Crippen molar-refractivity contribution in [3.05, 3.63) is 99.3 Å². The number of hydrogen-bond donors (Lipinski definition) is 3. The summed E-state index contributed by atoms with van der Waals surface area (Å²) in [6, 6.07) is 13.9. The van der Waals surface area contributed by atoms with Gasteiger partial charge in [0, 0.05) is 66.5 Å². The number of nitrogens with one attached hydrogen (secondary N) is 3. The molecule has 1 aliphatic carbocycles. The monoisotopic (exact) mass is 831 g/mol. The summed E-state index contributed by atoms with van der Waals surface area (Å²) in [5.74, 6) is 1.49. The van der Waals surface area contributed by atoms with Crippen molar-refractivity contribution in [2.24, 2.45) is 0 Å². The number of amides is 2. The SMILES string of the molecule is C#CCOCCOCCOCCOCCOCCC(=O)Nc1ccc(CNC(=O)OCCOc2cc3c(cc2F)c(=O)c(CNCc2ccnc(C)c2)cn3C2CC2)cc1. The molecule has 0 unspecified atom stereocenters. The minimum atomic E-state index is -0.671. The Kier molecular flexibility index (Phi) is 19.2. The van der Waals surface area contributed by atoms with E-state index in [0.717, 1.165) is 29.7 Å². The van der Waals surface area contributed by atoms with Crippen LogP contribution in [0.2, 0.25) is 0 Å². The van der Waals surface area contributed by atoms with E-state index in [2.05, 4.69) is 26.9 Å². The number of halogens is 1. The van der Waals surface area contributed by atoms with Gasteiger partial charge in [-0.15, -0.1) is 6.42 Å². The first-order valence-electron chi connectivity index (χ1n) is 20.0. The number of benzene rings is 2. The quantitative estimate of drug-likeness (QED) is 0.0528. The number of nitrogens with zero attached hydrogens (tertiary/aromatic N) is 2. The first kappa shape index (κ1) is 45.7. The Morgan fingerprint density at radius 3 is 2.18 bits per heavy atom. The molecule has 1 fully saturated rings. The van der Waals surface area contributed by atoms with Crippen LogP contribution < -0.4 is 26.1 Å². The molecule has 0 spiro atoms. The summed E-state index contributed by atoms with van der Waals surface area (Å²) in [5, 5.41) is 9.08. The summed E-state index contributed by atoms with van der Waals surface area (Å²) >= 11 is 0. The van der Waals surface area contributed by atoms with Gasteiger partial charge in [0.1, 0.15) is 19.8 Å². The summed E-state index contributed by atoms with van der Waals surface area (Å²) in [4.78, 5) is 42.3. The molecule has 16 heteroatoms. The molecule has 0 radical (unpaired) electrons. The van der Waals surface area contributed by atoms with Gasteiger partial charge in [0.2, 0.25) is 5.91 Å². The minimum Gasteiger partial charge on any atom is -0.487 e. The topological polar surface area (TPSA) is 170 Å². The van der Waals surface area contributed by atoms with E-state index in [-0.39, 0.29) is 67.9 Å². The highest BCUT2D eigenvalue weighted by atomic mass is 19.1. The van der Waals surface area contributed by atoms with Crippen LogP contribution in [-0.4, -0.2) is 101 Å². The predicted molar refractivity (Wildman–Crippen MR) is 222 cm³/mol. The fourth-order valence-corrected chi connectivity index (χ4v) is 5.97. The van der Waals surface area contributed by atoms with Crippen molar-refractivity contribution >= 4 is 28.6 Å². The number of alkyl carbamates (subject to hydrolysis) is 1. The fraction of sp³-hybridized carbons (Fsp3) is 0.455. The van der Waals surface area contributed by atoms with E-state index in [1.165, 1.54) is 6.07 Å². The molecule has 2 aromatic heterocycles. The van der Waals surface area contributed by atoms with Crippen molar-refractivity contribution in [1.82, 2.24) is 20.2 Å². The van der Waals surface area contributed by atoms with Crippen LogP contribution in [0.5, 0.6) is 5.75 Å². The highest BCUT2D eigenvalue weighted by Crippen LogP contribution is 2.38. The number of anilines is 1. The summed E-state index contributed by atoms with van der Waals surface area (Å²) in [7, 11) is 0. The molecule has 0 saturated heterocycles. The van der Waals surface area contributed by atoms with Gasteiger partial charge in [-0.2, -0.15) is 0 Å². The second-order valence-electron chi connectivity index (χ2n) is 13.9. The van der Waals surface area contributed by atoms with E-state index < -0.39 is 11.9 Å². The number of carbonyl (C=O) groups is 2. The molecule has 0 aliphatic heterocycles. The van der Waals surface area contributed by atoms with Crippen LogP contribution in [-0.2, 0) is 52.8 Å². The third kappa shape index (κ3) is 16.0. The zero-order chi connectivity index (χ0) is 42.4. The molecule has 2 heterocycles. The van der Waals surface area contributed by atoms with Gasteiger partial charge < -0.3 is 53.7 Å². The number of hydrogen-bond acceptors (Lipinski definition) is 12. The van der Waals surface area contributed by atoms with E-state index in [1.54, 1.807) is 36.5 Å². The zero-order valence-electron chi connectivity index (χ0n) is 34.0. The van der Waals surface area contributed by atoms with Gasteiger partial charge in [0.05, 0.1) is 71.4 Å². The second kappa shape index (κ2) is 25.3. The highest BCUT2D eigenvalue weighted by Gasteiger charge is 2.26. The Hall–Kier alpha value is -5.41. The Labute approximate surface area is 349 Å². The van der Waals surface area contributed by atoms with Crippen molar-refractivity contribution < 1.29 is 47.1 Å². The second-order valence-corrected chi connectivity index (χ2v) is 13.9. The van der Waals surface area contributed by atoms with Crippen LogP contribution >= 0.6 is 0 Å². The first-order valence-corrected chi connectivity index (χ1v) is 20.0. The lowest BCUT2D eigenvalue weighted by Gasteiger charge is -2.16. The Bertz CT molecular complexity index is 2070. The standard InChI is InChI=1S/C44H54FN5O10/c1-3-13-54-15-17-56-19-21-58-22-20-57-18-16-55-14-11-42(51)49-36-6-4-33(5-7-36)29-48-44(53)60-24-23-59-41-27-40-38(26-39(41)45)43(52)35(31-50(40)37-8-9-37)30-46-28-34-10-12-47-32(2)25-34/h1,4-7,10,12,25-27,31,37,46H,8-9,11,13-24,28-30H2,2H3,(H,48,53)(H,49,51). The number of rotatable bonds is 28. The number of aromatic nitrogens is 2. The summed E-state index contributed by atoms with van der Waals surface area (Å²) in [6.45, 7) is 6.76. The van der Waals surface area contributed by atoms with Crippen molar-refractivity contribution in [3.63, 3.8) is 0 Å². The molecule has 1 aliphatic rings. The van der Waals surface area contributed by atoms with E-state index in [4.69, 9.17) is 39.6 Å². The van der Waals surface area contributed by atoms with Crippen LogP contribution in [0.25, 0.3) is 10.9 Å². The molecule has 3 N–H and O–H groups in total. The van der Waals surface area contributed by atoms with Gasteiger partial charge in [-0.1, -0.05) is 18.1 Å². The molecular formula is C44H54FN5O10. The van der Waals surface area contributed by atoms with Gasteiger partial charge in [0.15, 0.2) is 17.0 Å². The summed E-state index contributed by atoms with van der Waals surface area (Å²) < 4.78 is 54.9. The average Bonchev–Trinajstić information content (AvgIpc) is 4.09. The van der Waals surface area contributed by atoms with Crippen LogP contribution in [0.15, 0.2) is 65.7 Å². The fourth-order valence-electron chi connectivity index (χ4n) is 5.97. The largest absolute Gasteiger partial charge is 0.487 e. The maximum Gasteiger partial charge on any atom is 0.407 e. The maximum atomic E-state index is 15.2. The molecule has 0 bridgehead atoms. The molecule has 2 aromatic carbocycles. The first-order chi connectivity index (χ1) is 29.3. The number of carbonyl (C=O) groups excluding carboxylic acids is 2. The predicted octanol–water partition coefficient (Wildman–Crippen LogP) is 4.82. The molecule has 2 amide bonds. The van der Waals surface area contributed by atoms with Crippen LogP contribution in [0, 0.1) is 25.1 Å². The maximum absolute atomic E-state index is 15.2. The highest BCUT2D eigenvalue weighted by molar-refractivity contribution is 5.90. The number of fused-ring (bicyclic) bond motifs is 1. The van der Waals surface area contributed by atoms with Gasteiger partial charge >= 0.3 is 6.09 Å². The van der Waals surface area contributed by atoms with Crippen LogP contribution in [0.1, 0.15) is 47.7 Å². The van der Waals surface area contributed by atoms with Crippen molar-refractivity contribution in [1.29, 1.82) is 0 Å². The van der Waals surface area contributed by atoms with Crippen LogP contribution in [0.3, 0.4) is 0 Å². The zero-order valence-corrected chi connectivity index (χ0v) is 34.0. The van der Waals surface area contributed by atoms with E-state index in [1.807, 2.05) is 29.8 Å². The van der Waals surface area contributed by atoms with Crippen molar-refractivity contribution in [2.45, 2.75) is 51.9 Å². The van der Waals surface area contributed by atoms with Crippen molar-refractivity contribution in [2.75, 3.05) is 84.6 Å². The lowest BCUT2D eigenvalue weighted by atomic mass is 10.1. The van der Waals surface area contributed by atoms with Gasteiger partial charge in [-0.05, 0) is 61.2 Å². The smallest absolute Gasteiger partial charge is 0.407 e. The molecule has 5 rings (SSSR count). The third-order valence-electron chi connectivity index (χ3n) is 9.10. The molecule has 322 valence electrons. The molecular weight excluding hydrogens is 778 g/mol. The van der Waals surface area contributed by atoms with E-state index in [0.29, 0.717) is 82.7 Å². The van der Waals surface area contributed by atoms with Crippen LogP contribution in [0.4, 0.5) is 14.9 Å². The Balaban J connectivity index is 0.925. The number of aryl methyl sites for hydroxylation is 1. The minimum absolute atomic E-state index is 0.0273. The molecule has 1 saturated carbocycles. The van der Waals surface area contributed by atoms with Gasteiger partial charge in [0.25, 0.3) is 0 Å². The van der Waals surface area contributed by atoms with Gasteiger partial charge in [-0.3, -0.25) is 14.6 Å². The molecule has 60 heavy (non-hydrogen) atoms. The number of pyridine rings is 2. The van der Waals surface area contributed by atoms with Crippen molar-refractivity contribution in [3.8, 4) is 18.1 Å². The lowest BCUT2D eigenvalue weighted by molar-refractivity contribution is -0.117. The molecule has 0 atom stereocenters. The van der Waals surface area contributed by atoms with Gasteiger partial charge in [-0.25, -0.2) is 9.18 Å². The van der Waals surface area contributed by atoms with E-state index in [9.17, 15) is 14.4 Å². The Morgan fingerprint density at radius 1 is 0.833 bits per heavy atom. The number of terminal acetylenes is 1. The molecule has 15 nitrogen and oxygen atoms in total. The summed E-state index contributed by atoms with van der Waals surface area (Å²) in [6.07, 6.45) is 10.1. The summed E-state index contributed by atoms with van der Waals surface area (Å²) in [5.41, 5.74) is 4.29. The molecule has 4 aromatic rings. The number of ether oxygens (including phenoxy) is 7. The average molecular weight is 832 g/mol. The van der Waals surface area contributed by atoms with E-state index >= 15 is 4.39 Å².